The minimum Gasteiger partial charge on any atom is -0.323 e. The monoisotopic (exact) mass is 390 g/mol. The van der Waals surface area contributed by atoms with E-state index in [0.717, 1.165) is 32.0 Å². The number of aromatic nitrogens is 6. The van der Waals surface area contributed by atoms with E-state index in [1.165, 1.54) is 10.2 Å². The molecule has 0 saturated heterocycles. The fourth-order valence-electron chi connectivity index (χ4n) is 3.43. The number of fused-ring (bicyclic) bond motifs is 3. The van der Waals surface area contributed by atoms with Gasteiger partial charge < -0.3 is 4.57 Å². The third kappa shape index (κ3) is 2.73. The SMILES string of the molecule is Cc1ccc(Cn2ncc3c4sc(Cc5cc[nH]n5)nc4n(C)c3c2=O)cc1. The molecular weight excluding hydrogens is 372 g/mol. The fraction of sp³-hybridized carbons (Fsp3) is 0.200. The molecule has 0 unspecified atom stereocenters. The summed E-state index contributed by atoms with van der Waals surface area (Å²) in [7, 11) is 1.89. The Morgan fingerprint density at radius 2 is 2.00 bits per heavy atom. The number of benzene rings is 1. The largest absolute Gasteiger partial charge is 0.323 e. The van der Waals surface area contributed by atoms with Crippen LogP contribution in [0, 0.1) is 6.92 Å². The second-order valence-electron chi connectivity index (χ2n) is 6.92. The number of rotatable bonds is 4. The molecular formula is C20H18N6OS. The van der Waals surface area contributed by atoms with Crippen molar-refractivity contribution in [1.82, 2.24) is 29.5 Å². The summed E-state index contributed by atoms with van der Waals surface area (Å²) in [6.07, 6.45) is 4.25. The number of aryl methyl sites for hydroxylation is 2. The normalized spacial score (nSPS) is 11.6. The van der Waals surface area contributed by atoms with Gasteiger partial charge in [-0.15, -0.1) is 11.3 Å². The lowest BCUT2D eigenvalue weighted by molar-refractivity contribution is 0.644. The number of thiazole rings is 1. The van der Waals surface area contributed by atoms with E-state index in [9.17, 15) is 4.79 Å². The van der Waals surface area contributed by atoms with Crippen molar-refractivity contribution in [3.8, 4) is 0 Å². The van der Waals surface area contributed by atoms with Gasteiger partial charge in [-0.1, -0.05) is 29.8 Å². The fourth-order valence-corrected chi connectivity index (χ4v) is 4.55. The lowest BCUT2D eigenvalue weighted by Crippen LogP contribution is -2.24. The molecule has 0 aliphatic rings. The number of hydrogen-bond donors (Lipinski definition) is 1. The van der Waals surface area contributed by atoms with Crippen LogP contribution >= 0.6 is 11.3 Å². The molecule has 5 rings (SSSR count). The molecule has 7 nitrogen and oxygen atoms in total. The molecule has 0 bridgehead atoms. The maximum absolute atomic E-state index is 13.1. The minimum atomic E-state index is -0.0976. The predicted octanol–water partition coefficient (Wildman–Crippen LogP) is 3.02. The van der Waals surface area contributed by atoms with E-state index < -0.39 is 0 Å². The molecule has 0 fully saturated rings. The van der Waals surface area contributed by atoms with Gasteiger partial charge in [0.25, 0.3) is 5.56 Å². The van der Waals surface area contributed by atoms with Crippen molar-refractivity contribution < 1.29 is 0 Å². The van der Waals surface area contributed by atoms with Crippen molar-refractivity contribution >= 4 is 32.6 Å². The summed E-state index contributed by atoms with van der Waals surface area (Å²) in [4.78, 5) is 17.8. The minimum absolute atomic E-state index is 0.0976. The highest BCUT2D eigenvalue weighted by atomic mass is 32.1. The van der Waals surface area contributed by atoms with Gasteiger partial charge in [-0.05, 0) is 18.6 Å². The summed E-state index contributed by atoms with van der Waals surface area (Å²) in [5.41, 5.74) is 4.55. The molecule has 4 aromatic heterocycles. The average molecular weight is 390 g/mol. The first-order valence-electron chi connectivity index (χ1n) is 8.98. The van der Waals surface area contributed by atoms with Crippen LogP contribution in [0.3, 0.4) is 0 Å². The van der Waals surface area contributed by atoms with E-state index in [1.807, 2.05) is 48.9 Å². The molecule has 4 heterocycles. The molecule has 0 atom stereocenters. The summed E-state index contributed by atoms with van der Waals surface area (Å²) >= 11 is 1.59. The molecule has 0 spiro atoms. The Labute approximate surface area is 164 Å². The van der Waals surface area contributed by atoms with Crippen LogP contribution in [0.25, 0.3) is 21.3 Å². The van der Waals surface area contributed by atoms with Crippen LogP contribution in [0.5, 0.6) is 0 Å². The smallest absolute Gasteiger partial charge is 0.291 e. The zero-order valence-electron chi connectivity index (χ0n) is 15.5. The maximum atomic E-state index is 13.1. The number of nitrogens with zero attached hydrogens (tertiary/aromatic N) is 5. The number of hydrogen-bond acceptors (Lipinski definition) is 5. The third-order valence-electron chi connectivity index (χ3n) is 4.91. The van der Waals surface area contributed by atoms with Crippen LogP contribution in [0.1, 0.15) is 21.8 Å². The summed E-state index contributed by atoms with van der Waals surface area (Å²) in [6.45, 7) is 2.50. The van der Waals surface area contributed by atoms with Crippen molar-refractivity contribution in [1.29, 1.82) is 0 Å². The average Bonchev–Trinajstić information content (AvgIpc) is 3.39. The van der Waals surface area contributed by atoms with E-state index in [4.69, 9.17) is 4.98 Å². The van der Waals surface area contributed by atoms with Crippen LogP contribution in [0.4, 0.5) is 0 Å². The Bertz CT molecular complexity index is 1340. The van der Waals surface area contributed by atoms with E-state index in [2.05, 4.69) is 15.3 Å². The number of H-pyrrole nitrogens is 1. The van der Waals surface area contributed by atoms with E-state index in [0.29, 0.717) is 18.5 Å². The van der Waals surface area contributed by atoms with Gasteiger partial charge in [-0.2, -0.15) is 10.2 Å². The van der Waals surface area contributed by atoms with Crippen molar-refractivity contribution in [3.05, 3.63) is 74.9 Å². The quantitative estimate of drug-likeness (QED) is 0.511. The molecule has 0 saturated carbocycles. The van der Waals surface area contributed by atoms with Gasteiger partial charge >= 0.3 is 0 Å². The first-order chi connectivity index (χ1) is 13.6. The molecule has 1 N–H and O–H groups in total. The van der Waals surface area contributed by atoms with Gasteiger partial charge in [0.2, 0.25) is 0 Å². The number of nitrogens with one attached hydrogen (secondary N) is 1. The molecule has 5 aromatic rings. The van der Waals surface area contributed by atoms with E-state index in [1.54, 1.807) is 23.7 Å². The Kier molecular flexibility index (Phi) is 3.87. The number of aromatic amines is 1. The van der Waals surface area contributed by atoms with Crippen LogP contribution in [0.2, 0.25) is 0 Å². The van der Waals surface area contributed by atoms with Gasteiger partial charge in [0.15, 0.2) is 5.65 Å². The highest BCUT2D eigenvalue weighted by molar-refractivity contribution is 7.19. The third-order valence-corrected chi connectivity index (χ3v) is 5.99. The first kappa shape index (κ1) is 16.9. The topological polar surface area (TPSA) is 81.4 Å². The molecule has 1 aromatic carbocycles. The lowest BCUT2D eigenvalue weighted by atomic mass is 10.1. The zero-order chi connectivity index (χ0) is 19.3. The first-order valence-corrected chi connectivity index (χ1v) is 9.80. The Balaban J connectivity index is 1.57. The summed E-state index contributed by atoms with van der Waals surface area (Å²) in [5.74, 6) is 0. The molecule has 0 aliphatic carbocycles. The Hall–Kier alpha value is -3.26. The van der Waals surface area contributed by atoms with Gasteiger partial charge in [0.05, 0.1) is 23.1 Å². The Morgan fingerprint density at radius 3 is 2.75 bits per heavy atom. The summed E-state index contributed by atoms with van der Waals surface area (Å²) in [5, 5.41) is 13.3. The lowest BCUT2D eigenvalue weighted by Gasteiger charge is -2.06. The van der Waals surface area contributed by atoms with Crippen LogP contribution < -0.4 is 5.56 Å². The van der Waals surface area contributed by atoms with Crippen molar-refractivity contribution in [2.75, 3.05) is 0 Å². The van der Waals surface area contributed by atoms with Crippen LogP contribution in [0.15, 0.2) is 47.5 Å². The highest BCUT2D eigenvalue weighted by Crippen LogP contribution is 2.31. The standard InChI is InChI=1S/C20H18N6OS/c1-12-3-5-13(6-4-12)11-26-20(27)17-15(10-22-26)18-19(25(17)2)23-16(28-18)9-14-7-8-21-24-14/h3-8,10H,9,11H2,1-2H3,(H,21,24). The van der Waals surface area contributed by atoms with Gasteiger partial charge in [-0.25, -0.2) is 9.67 Å². The molecule has 28 heavy (non-hydrogen) atoms. The molecule has 0 amide bonds. The summed E-state index contributed by atoms with van der Waals surface area (Å²) < 4.78 is 4.39. The second-order valence-corrected chi connectivity index (χ2v) is 8.00. The predicted molar refractivity (Wildman–Crippen MR) is 110 cm³/mol. The van der Waals surface area contributed by atoms with Gasteiger partial charge in [0.1, 0.15) is 10.5 Å². The molecule has 140 valence electrons. The molecule has 0 radical (unpaired) electrons. The van der Waals surface area contributed by atoms with Gasteiger partial charge in [0, 0.05) is 25.1 Å². The van der Waals surface area contributed by atoms with E-state index in [-0.39, 0.29) is 5.56 Å². The maximum Gasteiger partial charge on any atom is 0.291 e. The van der Waals surface area contributed by atoms with Crippen LogP contribution in [-0.2, 0) is 20.0 Å². The highest BCUT2D eigenvalue weighted by Gasteiger charge is 2.18. The van der Waals surface area contributed by atoms with Crippen molar-refractivity contribution in [2.45, 2.75) is 19.9 Å². The van der Waals surface area contributed by atoms with Crippen LogP contribution in [-0.4, -0.2) is 29.5 Å². The Morgan fingerprint density at radius 1 is 1.18 bits per heavy atom. The molecule has 8 heteroatoms. The zero-order valence-corrected chi connectivity index (χ0v) is 16.3. The molecule has 0 aliphatic heterocycles. The second kappa shape index (κ2) is 6.42. The van der Waals surface area contributed by atoms with Crippen molar-refractivity contribution in [2.24, 2.45) is 7.05 Å². The van der Waals surface area contributed by atoms with Crippen molar-refractivity contribution in [3.63, 3.8) is 0 Å². The van der Waals surface area contributed by atoms with Gasteiger partial charge in [-0.3, -0.25) is 9.89 Å². The summed E-state index contributed by atoms with van der Waals surface area (Å²) in [6, 6.07) is 10.1. The van der Waals surface area contributed by atoms with E-state index >= 15 is 0 Å².